The third kappa shape index (κ3) is 5.05. The first-order valence-corrected chi connectivity index (χ1v) is 9.27. The normalized spacial score (nSPS) is 22.2. The summed E-state index contributed by atoms with van der Waals surface area (Å²) in [5, 5.41) is 7.57. The van der Waals surface area contributed by atoms with E-state index in [0.717, 1.165) is 32.5 Å². The lowest BCUT2D eigenvalue weighted by Gasteiger charge is -2.32. The van der Waals surface area contributed by atoms with Crippen LogP contribution in [-0.4, -0.2) is 55.0 Å². The van der Waals surface area contributed by atoms with Gasteiger partial charge in [-0.1, -0.05) is 30.3 Å². The molecule has 0 aromatic heterocycles. The van der Waals surface area contributed by atoms with Crippen LogP contribution in [0.3, 0.4) is 0 Å². The predicted molar refractivity (Wildman–Crippen MR) is 97.6 cm³/mol. The van der Waals surface area contributed by atoms with Gasteiger partial charge in [0, 0.05) is 19.5 Å². The summed E-state index contributed by atoms with van der Waals surface area (Å²) in [5.74, 6) is 0.0430. The van der Waals surface area contributed by atoms with Crippen LogP contribution in [0.15, 0.2) is 30.3 Å². The van der Waals surface area contributed by atoms with E-state index in [4.69, 9.17) is 0 Å². The first-order chi connectivity index (χ1) is 12.6. The van der Waals surface area contributed by atoms with Crippen LogP contribution in [0.4, 0.5) is 4.79 Å². The number of nitrogens with zero attached hydrogens (tertiary/aromatic N) is 1. The molecule has 2 fully saturated rings. The van der Waals surface area contributed by atoms with Gasteiger partial charge in [-0.25, -0.2) is 4.79 Å². The molecular formula is C19H26N4O3. The van der Waals surface area contributed by atoms with E-state index in [0.29, 0.717) is 18.9 Å². The third-order valence-corrected chi connectivity index (χ3v) is 5.12. The molecule has 4 amide bonds. The molecule has 0 radical (unpaired) electrons. The second-order valence-electron chi connectivity index (χ2n) is 6.93. The first kappa shape index (κ1) is 18.4. The summed E-state index contributed by atoms with van der Waals surface area (Å²) in [4.78, 5) is 37.3. The smallest absolute Gasteiger partial charge is 0.322 e. The van der Waals surface area contributed by atoms with Gasteiger partial charge in [0.15, 0.2) is 0 Å². The Kier molecular flexibility index (Phi) is 6.22. The van der Waals surface area contributed by atoms with Crippen molar-refractivity contribution in [2.24, 2.45) is 0 Å². The number of piperidine rings is 1. The number of imide groups is 1. The number of nitrogens with one attached hydrogen (secondary N) is 3. The van der Waals surface area contributed by atoms with Crippen LogP contribution >= 0.6 is 0 Å². The minimum Gasteiger partial charge on any atom is -0.353 e. The molecule has 0 unspecified atom stereocenters. The molecule has 0 saturated carbocycles. The molecule has 0 aliphatic carbocycles. The molecule has 1 aromatic carbocycles. The maximum Gasteiger partial charge on any atom is 0.322 e. The largest absolute Gasteiger partial charge is 0.353 e. The molecule has 140 valence electrons. The molecule has 26 heavy (non-hydrogen) atoms. The van der Waals surface area contributed by atoms with Gasteiger partial charge < -0.3 is 15.5 Å². The molecule has 7 nitrogen and oxygen atoms in total. The van der Waals surface area contributed by atoms with Crippen molar-refractivity contribution in [3.05, 3.63) is 35.9 Å². The Morgan fingerprint density at radius 3 is 2.58 bits per heavy atom. The van der Waals surface area contributed by atoms with Crippen LogP contribution in [0.5, 0.6) is 0 Å². The van der Waals surface area contributed by atoms with E-state index in [1.54, 1.807) is 0 Å². The molecule has 7 heteroatoms. The number of urea groups is 1. The highest BCUT2D eigenvalue weighted by atomic mass is 16.2. The van der Waals surface area contributed by atoms with Gasteiger partial charge >= 0.3 is 6.03 Å². The molecule has 2 saturated heterocycles. The summed E-state index contributed by atoms with van der Waals surface area (Å²) in [6.07, 6.45) is 2.75. The maximum atomic E-state index is 12.2. The van der Waals surface area contributed by atoms with Gasteiger partial charge in [0.2, 0.25) is 11.8 Å². The number of hydrogen-bond acceptors (Lipinski definition) is 4. The van der Waals surface area contributed by atoms with Crippen molar-refractivity contribution in [2.75, 3.05) is 26.2 Å². The van der Waals surface area contributed by atoms with Gasteiger partial charge in [-0.05, 0) is 43.8 Å². The molecule has 2 aliphatic heterocycles. The average Bonchev–Trinajstić information content (AvgIpc) is 2.83. The van der Waals surface area contributed by atoms with Crippen LogP contribution in [0.2, 0.25) is 0 Å². The van der Waals surface area contributed by atoms with Crippen molar-refractivity contribution < 1.29 is 14.4 Å². The van der Waals surface area contributed by atoms with Gasteiger partial charge in [0.05, 0.1) is 0 Å². The van der Waals surface area contributed by atoms with Crippen LogP contribution in [0.1, 0.15) is 37.2 Å². The third-order valence-electron chi connectivity index (χ3n) is 5.12. The van der Waals surface area contributed by atoms with E-state index in [9.17, 15) is 14.4 Å². The summed E-state index contributed by atoms with van der Waals surface area (Å²) in [7, 11) is 0. The summed E-state index contributed by atoms with van der Waals surface area (Å²) < 4.78 is 0. The lowest BCUT2D eigenvalue weighted by molar-refractivity contribution is -0.123. The van der Waals surface area contributed by atoms with Crippen LogP contribution in [0.25, 0.3) is 0 Å². The molecule has 2 heterocycles. The fraction of sp³-hybridized carbons (Fsp3) is 0.526. The summed E-state index contributed by atoms with van der Waals surface area (Å²) in [5.41, 5.74) is 1.41. The highest BCUT2D eigenvalue weighted by Gasteiger charge is 2.26. The van der Waals surface area contributed by atoms with E-state index < -0.39 is 12.1 Å². The van der Waals surface area contributed by atoms with Gasteiger partial charge in [-0.3, -0.25) is 14.9 Å². The number of hydrogen-bond donors (Lipinski definition) is 3. The summed E-state index contributed by atoms with van der Waals surface area (Å²) in [6.45, 7) is 3.38. The molecule has 3 rings (SSSR count). The molecule has 0 spiro atoms. The lowest BCUT2D eigenvalue weighted by Crippen LogP contribution is -2.49. The number of amides is 4. The molecule has 1 aromatic rings. The van der Waals surface area contributed by atoms with Crippen LogP contribution in [0, 0.1) is 0 Å². The summed E-state index contributed by atoms with van der Waals surface area (Å²) >= 11 is 0. The fourth-order valence-electron chi connectivity index (χ4n) is 3.60. The zero-order valence-corrected chi connectivity index (χ0v) is 14.9. The minimum atomic E-state index is -0.648. The van der Waals surface area contributed by atoms with Gasteiger partial charge in [0.1, 0.15) is 6.04 Å². The monoisotopic (exact) mass is 358 g/mol. The van der Waals surface area contributed by atoms with Crippen LogP contribution in [-0.2, 0) is 9.59 Å². The quantitative estimate of drug-likeness (QED) is 0.732. The second-order valence-corrected chi connectivity index (χ2v) is 6.93. The first-order valence-electron chi connectivity index (χ1n) is 9.27. The van der Waals surface area contributed by atoms with Crippen molar-refractivity contribution in [3.8, 4) is 0 Å². The Bertz CT molecular complexity index is 641. The Hall–Kier alpha value is -2.41. The van der Waals surface area contributed by atoms with Crippen molar-refractivity contribution in [1.82, 2.24) is 20.9 Å². The van der Waals surface area contributed by atoms with E-state index >= 15 is 0 Å². The average molecular weight is 358 g/mol. The molecule has 2 aliphatic rings. The zero-order valence-electron chi connectivity index (χ0n) is 14.9. The molecule has 1 atom stereocenters. The standard InChI is InChI=1S/C19H26N4O3/c24-17-7-6-16(21-19(26)22-17)18(25)20-10-13-23-11-8-15(9-12-23)14-4-2-1-3-5-14/h1-5,15-16H,6-13H2,(H,20,25)(H2,21,22,24,26)/t16-/m0/s1. The molecular weight excluding hydrogens is 332 g/mol. The van der Waals surface area contributed by atoms with E-state index in [-0.39, 0.29) is 18.2 Å². The number of likely N-dealkylation sites (tertiary alicyclic amines) is 1. The Balaban J connectivity index is 1.37. The van der Waals surface area contributed by atoms with Gasteiger partial charge in [-0.2, -0.15) is 0 Å². The maximum absolute atomic E-state index is 12.2. The topological polar surface area (TPSA) is 90.5 Å². The van der Waals surface area contributed by atoms with E-state index in [1.807, 2.05) is 6.07 Å². The number of benzene rings is 1. The van der Waals surface area contributed by atoms with Crippen LogP contribution < -0.4 is 16.0 Å². The Morgan fingerprint density at radius 2 is 1.85 bits per heavy atom. The van der Waals surface area contributed by atoms with E-state index in [2.05, 4.69) is 45.1 Å². The molecule has 0 bridgehead atoms. The van der Waals surface area contributed by atoms with Crippen molar-refractivity contribution >= 4 is 17.8 Å². The van der Waals surface area contributed by atoms with Crippen molar-refractivity contribution in [1.29, 1.82) is 0 Å². The Morgan fingerprint density at radius 1 is 1.12 bits per heavy atom. The zero-order chi connectivity index (χ0) is 18.4. The minimum absolute atomic E-state index is 0.170. The SMILES string of the molecule is O=C1CC[C@@H](C(=O)NCCN2CCC(c3ccccc3)CC2)NC(=O)N1. The second kappa shape index (κ2) is 8.80. The fourth-order valence-corrected chi connectivity index (χ4v) is 3.60. The van der Waals surface area contributed by atoms with Crippen molar-refractivity contribution in [2.45, 2.75) is 37.6 Å². The Labute approximate surface area is 153 Å². The number of carbonyl (C=O) groups excluding carboxylic acids is 3. The predicted octanol–water partition coefficient (Wildman–Crippen LogP) is 0.970. The highest BCUT2D eigenvalue weighted by Crippen LogP contribution is 2.27. The summed E-state index contributed by atoms with van der Waals surface area (Å²) in [6, 6.07) is 9.37. The number of rotatable bonds is 5. The van der Waals surface area contributed by atoms with Crippen molar-refractivity contribution in [3.63, 3.8) is 0 Å². The van der Waals surface area contributed by atoms with E-state index in [1.165, 1.54) is 5.56 Å². The van der Waals surface area contributed by atoms with Gasteiger partial charge in [-0.15, -0.1) is 0 Å². The highest BCUT2D eigenvalue weighted by molar-refractivity contribution is 5.98. The number of carbonyl (C=O) groups is 3. The lowest BCUT2D eigenvalue weighted by atomic mass is 9.89. The van der Waals surface area contributed by atoms with Gasteiger partial charge in [0.25, 0.3) is 0 Å². The molecule has 3 N–H and O–H groups in total.